The fourth-order valence-corrected chi connectivity index (χ4v) is 2.19. The zero-order valence-electron chi connectivity index (χ0n) is 12.8. The summed E-state index contributed by atoms with van der Waals surface area (Å²) in [6.45, 7) is 0.560. The van der Waals surface area contributed by atoms with E-state index >= 15 is 0 Å². The van der Waals surface area contributed by atoms with Crippen molar-refractivity contribution in [3.05, 3.63) is 71.8 Å². The van der Waals surface area contributed by atoms with Crippen LogP contribution >= 0.6 is 0 Å². The average molecular weight is 312 g/mol. The maximum Gasteiger partial charge on any atom is 0.407 e. The Labute approximate surface area is 135 Å². The Morgan fingerprint density at radius 2 is 1.61 bits per heavy atom. The molecule has 1 unspecified atom stereocenters. The van der Waals surface area contributed by atoms with Gasteiger partial charge in [-0.15, -0.1) is 0 Å². The fourth-order valence-electron chi connectivity index (χ4n) is 2.19. The highest BCUT2D eigenvalue weighted by atomic mass is 16.5. The molecule has 0 fully saturated rings. The first-order valence-corrected chi connectivity index (χ1v) is 7.46. The second kappa shape index (κ2) is 9.25. The van der Waals surface area contributed by atoms with Crippen LogP contribution in [-0.2, 0) is 22.6 Å². The lowest BCUT2D eigenvalue weighted by atomic mass is 10.1. The van der Waals surface area contributed by atoms with E-state index in [0.717, 1.165) is 11.1 Å². The Bertz CT molecular complexity index is 602. The first kappa shape index (κ1) is 16.5. The molecule has 1 atom stereocenters. The molecular formula is C18H20N2O3. The Balaban J connectivity index is 1.86. The van der Waals surface area contributed by atoms with Crippen molar-refractivity contribution < 1.29 is 14.3 Å². The summed E-state index contributed by atoms with van der Waals surface area (Å²) in [6.07, 6.45) is 0.736. The summed E-state index contributed by atoms with van der Waals surface area (Å²) in [6, 6.07) is 19.0. The molecule has 2 aromatic rings. The molecule has 0 spiro atoms. The van der Waals surface area contributed by atoms with E-state index in [1.807, 2.05) is 60.7 Å². The lowest BCUT2D eigenvalue weighted by Crippen LogP contribution is -2.43. The third kappa shape index (κ3) is 6.22. The highest BCUT2D eigenvalue weighted by molar-refractivity contribution is 5.67. The van der Waals surface area contributed by atoms with Crippen LogP contribution in [-0.4, -0.2) is 25.1 Å². The second-order valence-electron chi connectivity index (χ2n) is 5.12. The van der Waals surface area contributed by atoms with Crippen LogP contribution in [0, 0.1) is 0 Å². The number of hydrogen-bond acceptors (Lipinski definition) is 3. The van der Waals surface area contributed by atoms with E-state index in [1.54, 1.807) is 0 Å². The van der Waals surface area contributed by atoms with Crippen molar-refractivity contribution in [3.8, 4) is 0 Å². The maximum absolute atomic E-state index is 11.9. The van der Waals surface area contributed by atoms with Crippen molar-refractivity contribution >= 4 is 12.5 Å². The molecule has 0 aliphatic rings. The lowest BCUT2D eigenvalue weighted by molar-refractivity contribution is -0.109. The Kier molecular flexibility index (Phi) is 6.65. The van der Waals surface area contributed by atoms with Gasteiger partial charge in [0.25, 0.3) is 0 Å². The van der Waals surface area contributed by atoms with Crippen molar-refractivity contribution in [2.75, 3.05) is 6.54 Å². The van der Waals surface area contributed by atoms with Gasteiger partial charge < -0.3 is 15.4 Å². The number of carbonyl (C=O) groups is 2. The minimum atomic E-state index is -0.498. The molecule has 5 nitrogen and oxygen atoms in total. The van der Waals surface area contributed by atoms with Crippen molar-refractivity contribution in [1.82, 2.24) is 10.6 Å². The van der Waals surface area contributed by atoms with Crippen molar-refractivity contribution in [2.24, 2.45) is 0 Å². The molecule has 2 N–H and O–H groups in total. The second-order valence-corrected chi connectivity index (χ2v) is 5.12. The van der Waals surface area contributed by atoms with Gasteiger partial charge in [0.15, 0.2) is 0 Å². The number of benzene rings is 2. The largest absolute Gasteiger partial charge is 0.445 e. The monoisotopic (exact) mass is 312 g/mol. The molecule has 2 amide bonds. The van der Waals surface area contributed by atoms with Crippen LogP contribution in [0.1, 0.15) is 11.1 Å². The van der Waals surface area contributed by atoms with Crippen molar-refractivity contribution in [2.45, 2.75) is 19.1 Å². The number of alkyl carbamates (subject to hydrolysis) is 1. The third-order valence-corrected chi connectivity index (χ3v) is 3.31. The Hall–Kier alpha value is -2.82. The summed E-state index contributed by atoms with van der Waals surface area (Å²) in [5, 5.41) is 5.38. The quantitative estimate of drug-likeness (QED) is 0.735. The first-order valence-electron chi connectivity index (χ1n) is 7.46. The van der Waals surface area contributed by atoms with E-state index < -0.39 is 6.09 Å². The van der Waals surface area contributed by atoms with Gasteiger partial charge in [0.2, 0.25) is 6.41 Å². The number of hydrogen-bond donors (Lipinski definition) is 2. The van der Waals surface area contributed by atoms with Gasteiger partial charge in [-0.05, 0) is 17.5 Å². The van der Waals surface area contributed by atoms with Crippen LogP contribution in [0.25, 0.3) is 0 Å². The van der Waals surface area contributed by atoms with Crippen LogP contribution in [0.3, 0.4) is 0 Å². The van der Waals surface area contributed by atoms with Gasteiger partial charge in [-0.25, -0.2) is 4.79 Å². The Morgan fingerprint density at radius 1 is 1.00 bits per heavy atom. The molecule has 2 aromatic carbocycles. The molecule has 0 aliphatic heterocycles. The van der Waals surface area contributed by atoms with Gasteiger partial charge in [-0.2, -0.15) is 0 Å². The zero-order valence-corrected chi connectivity index (χ0v) is 12.8. The molecule has 0 heterocycles. The SMILES string of the molecule is O=CNCC(Cc1ccccc1)NC(=O)OCc1ccccc1. The van der Waals surface area contributed by atoms with Gasteiger partial charge in [-0.1, -0.05) is 60.7 Å². The highest BCUT2D eigenvalue weighted by Crippen LogP contribution is 2.04. The van der Waals surface area contributed by atoms with E-state index in [4.69, 9.17) is 4.74 Å². The fraction of sp³-hybridized carbons (Fsp3) is 0.222. The van der Waals surface area contributed by atoms with Crippen molar-refractivity contribution in [3.63, 3.8) is 0 Å². The molecule has 0 aromatic heterocycles. The lowest BCUT2D eigenvalue weighted by Gasteiger charge is -2.18. The Morgan fingerprint density at radius 3 is 2.22 bits per heavy atom. The maximum atomic E-state index is 11.9. The number of carbonyl (C=O) groups excluding carboxylic acids is 2. The van der Waals surface area contributed by atoms with Crippen LogP contribution in [0.15, 0.2) is 60.7 Å². The average Bonchev–Trinajstić information content (AvgIpc) is 2.60. The summed E-state index contributed by atoms with van der Waals surface area (Å²) < 4.78 is 5.21. The number of nitrogens with one attached hydrogen (secondary N) is 2. The summed E-state index contributed by atoms with van der Waals surface area (Å²) in [4.78, 5) is 22.4. The highest BCUT2D eigenvalue weighted by Gasteiger charge is 2.13. The van der Waals surface area contributed by atoms with Gasteiger partial charge in [0.05, 0.1) is 6.04 Å². The van der Waals surface area contributed by atoms with Gasteiger partial charge in [-0.3, -0.25) is 4.79 Å². The molecule has 23 heavy (non-hydrogen) atoms. The van der Waals surface area contributed by atoms with Gasteiger partial charge in [0, 0.05) is 6.54 Å². The third-order valence-electron chi connectivity index (χ3n) is 3.31. The smallest absolute Gasteiger partial charge is 0.407 e. The molecule has 5 heteroatoms. The minimum Gasteiger partial charge on any atom is -0.445 e. The summed E-state index contributed by atoms with van der Waals surface area (Å²) in [5.74, 6) is 0. The summed E-state index contributed by atoms with van der Waals surface area (Å²) in [7, 11) is 0. The van der Waals surface area contributed by atoms with Gasteiger partial charge >= 0.3 is 6.09 Å². The molecule has 0 radical (unpaired) electrons. The van der Waals surface area contributed by atoms with Crippen LogP contribution in [0.5, 0.6) is 0 Å². The summed E-state index contributed by atoms with van der Waals surface area (Å²) in [5.41, 5.74) is 2.00. The molecule has 0 bridgehead atoms. The van der Waals surface area contributed by atoms with E-state index in [2.05, 4.69) is 10.6 Å². The molecule has 0 saturated carbocycles. The van der Waals surface area contributed by atoms with E-state index in [0.29, 0.717) is 19.4 Å². The molecule has 120 valence electrons. The standard InChI is InChI=1S/C18H20N2O3/c21-14-19-12-17(11-15-7-3-1-4-8-15)20-18(22)23-13-16-9-5-2-6-10-16/h1-10,14,17H,11-13H2,(H,19,21)(H,20,22). The van der Waals surface area contributed by atoms with Crippen LogP contribution in [0.4, 0.5) is 4.79 Å². The van der Waals surface area contributed by atoms with E-state index in [9.17, 15) is 9.59 Å². The van der Waals surface area contributed by atoms with E-state index in [-0.39, 0.29) is 12.6 Å². The topological polar surface area (TPSA) is 67.4 Å². The van der Waals surface area contributed by atoms with E-state index in [1.165, 1.54) is 0 Å². The van der Waals surface area contributed by atoms with Gasteiger partial charge in [0.1, 0.15) is 6.61 Å². The van der Waals surface area contributed by atoms with Crippen molar-refractivity contribution in [1.29, 1.82) is 0 Å². The molecule has 0 aliphatic carbocycles. The minimum absolute atomic E-state index is 0.214. The predicted molar refractivity (Wildman–Crippen MR) is 87.8 cm³/mol. The number of ether oxygens (including phenoxy) is 1. The summed E-state index contributed by atoms with van der Waals surface area (Å²) >= 11 is 0. The molecular weight excluding hydrogens is 292 g/mol. The predicted octanol–water partition coefficient (Wildman–Crippen LogP) is 2.27. The van der Waals surface area contributed by atoms with Crippen LogP contribution in [0.2, 0.25) is 0 Å². The number of amides is 2. The molecule has 0 saturated heterocycles. The first-order chi connectivity index (χ1) is 11.3. The number of rotatable bonds is 8. The zero-order chi connectivity index (χ0) is 16.3. The molecule has 2 rings (SSSR count). The normalized spacial score (nSPS) is 11.3. The van der Waals surface area contributed by atoms with Crippen LogP contribution < -0.4 is 10.6 Å².